The van der Waals surface area contributed by atoms with E-state index in [2.05, 4.69) is 0 Å². The maximum absolute atomic E-state index is 11.1. The Labute approximate surface area is 64.2 Å². The molecule has 0 radical (unpaired) electrons. The molecule has 0 spiro atoms. The van der Waals surface area contributed by atoms with Crippen LogP contribution in [-0.4, -0.2) is 5.78 Å². The van der Waals surface area contributed by atoms with Gasteiger partial charge >= 0.3 is 0 Å². The molecule has 0 aromatic heterocycles. The average Bonchev–Trinajstić information content (AvgIpc) is 2.37. The van der Waals surface area contributed by atoms with Crippen molar-refractivity contribution < 1.29 is 6.17 Å². The van der Waals surface area contributed by atoms with Crippen molar-refractivity contribution in [2.75, 3.05) is 0 Å². The summed E-state index contributed by atoms with van der Waals surface area (Å²) in [5, 5.41) is 0. The van der Waals surface area contributed by atoms with Gasteiger partial charge in [0.2, 0.25) is 0 Å². The van der Waals surface area contributed by atoms with Gasteiger partial charge in [-0.25, -0.2) is 0 Å². The third-order valence-corrected chi connectivity index (χ3v) is 2.52. The normalized spacial score (nSPS) is 27.6. The summed E-state index contributed by atoms with van der Waals surface area (Å²) in [5.41, 5.74) is 0. The van der Waals surface area contributed by atoms with Gasteiger partial charge < -0.3 is 0 Å². The molecule has 58 valence electrons. The first-order valence-corrected chi connectivity index (χ1v) is 4.06. The van der Waals surface area contributed by atoms with Crippen LogP contribution >= 0.6 is 0 Å². The molecule has 0 N–H and O–H groups in total. The monoisotopic (exact) mass is 141 g/mol. The van der Waals surface area contributed by atoms with E-state index in [-0.39, 0.29) is 5.78 Å². The standard InChI is InChI=1S/C9H16O/c1-7(8(2)10)9-5-3-4-6-9/h7,9H,3-6H2,1-2H3/t7-/m1/s1/i7D. The smallest absolute Gasteiger partial charge is 0.132 e. The number of ketones is 1. The molecule has 0 unspecified atom stereocenters. The number of Topliss-reactive ketones (excluding diaryl/α,β-unsaturated/α-hetero) is 1. The quantitative estimate of drug-likeness (QED) is 0.577. The molecule has 1 nitrogen and oxygen atoms in total. The predicted molar refractivity (Wildman–Crippen MR) is 41.8 cm³/mol. The predicted octanol–water partition coefficient (Wildman–Crippen LogP) is 2.40. The van der Waals surface area contributed by atoms with Crippen molar-refractivity contribution in [1.82, 2.24) is 0 Å². The van der Waals surface area contributed by atoms with E-state index in [9.17, 15) is 4.79 Å². The van der Waals surface area contributed by atoms with Gasteiger partial charge in [-0.05, 0) is 25.7 Å². The van der Waals surface area contributed by atoms with E-state index in [1.807, 2.05) is 0 Å². The zero-order chi connectivity index (χ0) is 8.48. The third-order valence-electron chi connectivity index (χ3n) is 2.52. The van der Waals surface area contributed by atoms with Gasteiger partial charge in [0.05, 0.1) is 0 Å². The Morgan fingerprint density at radius 2 is 2.10 bits per heavy atom. The molecule has 10 heavy (non-hydrogen) atoms. The second-order valence-corrected chi connectivity index (χ2v) is 3.22. The van der Waals surface area contributed by atoms with E-state index in [1.165, 1.54) is 19.8 Å². The summed E-state index contributed by atoms with van der Waals surface area (Å²) in [5.74, 6) is -0.472. The average molecular weight is 141 g/mol. The minimum absolute atomic E-state index is 0.0180. The highest BCUT2D eigenvalue weighted by Crippen LogP contribution is 2.31. The van der Waals surface area contributed by atoms with Crippen LogP contribution in [0.4, 0.5) is 0 Å². The number of rotatable bonds is 2. The summed E-state index contributed by atoms with van der Waals surface area (Å²) in [6.07, 6.45) is 4.54. The zero-order valence-electron chi connectivity index (χ0n) is 7.81. The van der Waals surface area contributed by atoms with E-state index < -0.39 is 5.89 Å². The summed E-state index contributed by atoms with van der Waals surface area (Å²) < 4.78 is 7.83. The lowest BCUT2D eigenvalue weighted by Gasteiger charge is -2.14. The van der Waals surface area contributed by atoms with Crippen LogP contribution in [0.15, 0.2) is 0 Å². The van der Waals surface area contributed by atoms with Crippen LogP contribution in [0, 0.1) is 11.8 Å². The zero-order valence-corrected chi connectivity index (χ0v) is 6.81. The first-order valence-electron chi connectivity index (χ1n) is 4.56. The topological polar surface area (TPSA) is 17.1 Å². The molecule has 0 aromatic carbocycles. The molecule has 1 heteroatoms. The van der Waals surface area contributed by atoms with E-state index in [1.54, 1.807) is 6.92 Å². The number of hydrogen-bond donors (Lipinski definition) is 0. The Morgan fingerprint density at radius 3 is 2.50 bits per heavy atom. The van der Waals surface area contributed by atoms with Gasteiger partial charge in [-0.3, -0.25) is 4.79 Å². The molecule has 0 amide bonds. The highest BCUT2D eigenvalue weighted by Gasteiger charge is 2.23. The summed E-state index contributed by atoms with van der Waals surface area (Å²) in [7, 11) is 0. The van der Waals surface area contributed by atoms with Crippen molar-refractivity contribution in [2.24, 2.45) is 11.8 Å². The molecule has 1 fully saturated rings. The van der Waals surface area contributed by atoms with Crippen LogP contribution in [-0.2, 0) is 4.79 Å². The van der Waals surface area contributed by atoms with Crippen molar-refractivity contribution in [1.29, 1.82) is 0 Å². The molecule has 0 aliphatic heterocycles. The van der Waals surface area contributed by atoms with Crippen LogP contribution in [0.2, 0.25) is 0 Å². The molecular formula is C9H16O. The van der Waals surface area contributed by atoms with E-state index in [0.717, 1.165) is 12.8 Å². The second kappa shape index (κ2) is 3.18. The summed E-state index contributed by atoms with van der Waals surface area (Å²) in [6.45, 7) is 3.29. The molecule has 1 atom stereocenters. The van der Waals surface area contributed by atoms with Crippen LogP contribution in [0.1, 0.15) is 40.9 Å². The summed E-state index contributed by atoms with van der Waals surface area (Å²) in [6, 6.07) is 0. The molecule has 1 saturated carbocycles. The Kier molecular flexibility index (Phi) is 2.03. The van der Waals surface area contributed by atoms with E-state index in [0.29, 0.717) is 5.92 Å². The number of hydrogen-bond acceptors (Lipinski definition) is 1. The first-order chi connectivity index (χ1) is 5.05. The lowest BCUT2D eigenvalue weighted by molar-refractivity contribution is -0.121. The van der Waals surface area contributed by atoms with Gasteiger partial charge in [0.25, 0.3) is 0 Å². The molecule has 1 rings (SSSR count). The Morgan fingerprint density at radius 1 is 1.60 bits per heavy atom. The minimum atomic E-state index is -0.809. The molecule has 0 saturated heterocycles. The van der Waals surface area contributed by atoms with Gasteiger partial charge in [0.15, 0.2) is 0 Å². The fraction of sp³-hybridized carbons (Fsp3) is 0.889. The third kappa shape index (κ3) is 1.59. The molecule has 0 heterocycles. The van der Waals surface area contributed by atoms with Crippen molar-refractivity contribution in [3.8, 4) is 0 Å². The van der Waals surface area contributed by atoms with Gasteiger partial charge in [-0.15, -0.1) is 0 Å². The van der Waals surface area contributed by atoms with Crippen LogP contribution in [0.3, 0.4) is 0 Å². The van der Waals surface area contributed by atoms with Gasteiger partial charge in [-0.2, -0.15) is 0 Å². The molecule has 0 bridgehead atoms. The van der Waals surface area contributed by atoms with E-state index >= 15 is 0 Å². The summed E-state index contributed by atoms with van der Waals surface area (Å²) >= 11 is 0. The lowest BCUT2D eigenvalue weighted by Crippen LogP contribution is -2.15. The first kappa shape index (κ1) is 6.38. The van der Waals surface area contributed by atoms with Gasteiger partial charge in [0.1, 0.15) is 5.78 Å². The van der Waals surface area contributed by atoms with Gasteiger partial charge in [0, 0.05) is 7.26 Å². The van der Waals surface area contributed by atoms with Gasteiger partial charge in [-0.1, -0.05) is 19.8 Å². The Balaban J connectivity index is 2.62. The van der Waals surface area contributed by atoms with Crippen LogP contribution < -0.4 is 0 Å². The molecule has 1 aliphatic carbocycles. The van der Waals surface area contributed by atoms with Crippen LogP contribution in [0.25, 0.3) is 0 Å². The fourth-order valence-corrected chi connectivity index (χ4v) is 1.65. The lowest BCUT2D eigenvalue weighted by atomic mass is 9.90. The SMILES string of the molecule is [2H][C@@](C)(C(C)=O)C1CCCC1. The highest BCUT2D eigenvalue weighted by molar-refractivity contribution is 5.78. The Hall–Kier alpha value is -0.330. The summed E-state index contributed by atoms with van der Waals surface area (Å²) in [4.78, 5) is 11.1. The highest BCUT2D eigenvalue weighted by atomic mass is 16.1. The largest absolute Gasteiger partial charge is 0.300 e. The molecular weight excluding hydrogens is 124 g/mol. The van der Waals surface area contributed by atoms with Crippen LogP contribution in [0.5, 0.6) is 0 Å². The fourth-order valence-electron chi connectivity index (χ4n) is 1.65. The number of carbonyl (C=O) groups excluding carboxylic acids is 1. The van der Waals surface area contributed by atoms with E-state index in [4.69, 9.17) is 1.37 Å². The molecule has 0 aromatic rings. The maximum atomic E-state index is 11.1. The second-order valence-electron chi connectivity index (χ2n) is 3.22. The number of carbonyl (C=O) groups is 1. The maximum Gasteiger partial charge on any atom is 0.132 e. The molecule has 1 aliphatic rings. The minimum Gasteiger partial charge on any atom is -0.300 e. The van der Waals surface area contributed by atoms with Crippen molar-refractivity contribution in [3.05, 3.63) is 0 Å². The van der Waals surface area contributed by atoms with Crippen molar-refractivity contribution in [2.45, 2.75) is 39.5 Å². The Bertz CT molecular complexity index is 157. The van der Waals surface area contributed by atoms with Crippen molar-refractivity contribution in [3.63, 3.8) is 0 Å². The van der Waals surface area contributed by atoms with Crippen molar-refractivity contribution >= 4 is 5.78 Å².